The van der Waals surface area contributed by atoms with E-state index in [0.29, 0.717) is 0 Å². The maximum Gasteiger partial charge on any atom is 0.574 e. The molecule has 20 heavy (non-hydrogen) atoms. The van der Waals surface area contributed by atoms with Gasteiger partial charge in [0, 0.05) is 17.6 Å². The lowest BCUT2D eigenvalue weighted by Gasteiger charge is -2.16. The number of rotatable bonds is 3. The van der Waals surface area contributed by atoms with Crippen LogP contribution in [0.3, 0.4) is 0 Å². The first-order valence-electron chi connectivity index (χ1n) is 4.61. The average Bonchev–Trinajstić information content (AvgIpc) is 2.23. The summed E-state index contributed by atoms with van der Waals surface area (Å²) in [6.45, 7) is 0. The molecule has 0 aromatic carbocycles. The highest BCUT2D eigenvalue weighted by Crippen LogP contribution is 2.37. The number of alkyl halides is 7. The van der Waals surface area contributed by atoms with Crippen LogP contribution in [0.15, 0.2) is 6.20 Å². The standard InChI is InChI=1S/C9H4ClF6NO3/c10-1-3-4(8(11,12)13)2-17-6(5(3)7(18)19)20-9(14,15)16/h2H,1H2,(H,18,19). The van der Waals surface area contributed by atoms with Crippen LogP contribution in [0.4, 0.5) is 26.3 Å². The zero-order valence-corrected chi connectivity index (χ0v) is 9.90. The third-order valence-electron chi connectivity index (χ3n) is 2.02. The minimum Gasteiger partial charge on any atom is -0.477 e. The number of pyridine rings is 1. The molecule has 0 bridgehead atoms. The van der Waals surface area contributed by atoms with Crippen molar-refractivity contribution in [1.29, 1.82) is 0 Å². The van der Waals surface area contributed by atoms with Crippen LogP contribution < -0.4 is 4.74 Å². The van der Waals surface area contributed by atoms with Crippen LogP contribution in [0.1, 0.15) is 21.5 Å². The number of halogens is 7. The van der Waals surface area contributed by atoms with E-state index in [0.717, 1.165) is 0 Å². The zero-order valence-electron chi connectivity index (χ0n) is 9.14. The summed E-state index contributed by atoms with van der Waals surface area (Å²) >= 11 is 5.20. The van der Waals surface area contributed by atoms with Crippen molar-refractivity contribution in [3.63, 3.8) is 0 Å². The smallest absolute Gasteiger partial charge is 0.477 e. The molecule has 0 amide bonds. The summed E-state index contributed by atoms with van der Waals surface area (Å²) in [5.74, 6) is -4.56. The molecule has 0 aliphatic heterocycles. The number of aromatic nitrogens is 1. The molecule has 0 fully saturated rings. The Balaban J connectivity index is 3.55. The number of carboxylic acids is 1. The number of nitrogens with zero attached hydrogens (tertiary/aromatic N) is 1. The highest BCUT2D eigenvalue weighted by atomic mass is 35.5. The summed E-state index contributed by atoms with van der Waals surface area (Å²) < 4.78 is 77.2. The van der Waals surface area contributed by atoms with E-state index in [4.69, 9.17) is 16.7 Å². The Morgan fingerprint density at radius 2 is 1.85 bits per heavy atom. The summed E-state index contributed by atoms with van der Waals surface area (Å²) in [7, 11) is 0. The maximum absolute atomic E-state index is 12.6. The first-order chi connectivity index (χ1) is 8.97. The fraction of sp³-hybridized carbons (Fsp3) is 0.333. The molecule has 1 rings (SSSR count). The molecule has 0 aliphatic rings. The average molecular weight is 324 g/mol. The largest absolute Gasteiger partial charge is 0.574 e. The normalized spacial score (nSPS) is 12.3. The molecule has 1 aromatic heterocycles. The number of aromatic carboxylic acids is 1. The first-order valence-corrected chi connectivity index (χ1v) is 5.15. The SMILES string of the molecule is O=C(O)c1c(OC(F)(F)F)ncc(C(F)(F)F)c1CCl. The second-order valence-corrected chi connectivity index (χ2v) is 3.58. The van der Waals surface area contributed by atoms with Crippen LogP contribution in [0, 0.1) is 0 Å². The molecule has 0 saturated carbocycles. The van der Waals surface area contributed by atoms with Gasteiger partial charge in [-0.25, -0.2) is 9.78 Å². The fourth-order valence-corrected chi connectivity index (χ4v) is 1.60. The van der Waals surface area contributed by atoms with Crippen LogP contribution >= 0.6 is 11.6 Å². The minimum atomic E-state index is -5.31. The first kappa shape index (κ1) is 16.3. The second-order valence-electron chi connectivity index (χ2n) is 3.31. The Hall–Kier alpha value is -1.71. The molecule has 0 atom stereocenters. The summed E-state index contributed by atoms with van der Waals surface area (Å²) in [5, 5.41) is 8.75. The Kier molecular flexibility index (Phi) is 4.37. The van der Waals surface area contributed by atoms with Gasteiger partial charge in [-0.15, -0.1) is 24.8 Å². The Morgan fingerprint density at radius 3 is 2.20 bits per heavy atom. The fourth-order valence-electron chi connectivity index (χ4n) is 1.32. The topological polar surface area (TPSA) is 59.4 Å². The van der Waals surface area contributed by atoms with Crippen LogP contribution in [-0.4, -0.2) is 22.4 Å². The summed E-state index contributed by atoms with van der Waals surface area (Å²) in [6.07, 6.45) is -10.3. The maximum atomic E-state index is 12.6. The molecule has 0 saturated heterocycles. The highest BCUT2D eigenvalue weighted by Gasteiger charge is 2.40. The molecule has 4 nitrogen and oxygen atoms in total. The van der Waals surface area contributed by atoms with Gasteiger partial charge in [-0.3, -0.25) is 0 Å². The van der Waals surface area contributed by atoms with Gasteiger partial charge in [0.1, 0.15) is 5.56 Å². The van der Waals surface area contributed by atoms with Crippen molar-refractivity contribution < 1.29 is 41.0 Å². The van der Waals surface area contributed by atoms with Gasteiger partial charge in [0.15, 0.2) is 0 Å². The molecule has 0 spiro atoms. The van der Waals surface area contributed by atoms with E-state index < -0.39 is 47.0 Å². The monoisotopic (exact) mass is 323 g/mol. The molecule has 1 aromatic rings. The molecule has 11 heteroatoms. The van der Waals surface area contributed by atoms with Gasteiger partial charge >= 0.3 is 18.5 Å². The molecule has 112 valence electrons. The number of hydrogen-bond donors (Lipinski definition) is 1. The predicted molar refractivity (Wildman–Crippen MR) is 52.4 cm³/mol. The van der Waals surface area contributed by atoms with Crippen molar-refractivity contribution in [1.82, 2.24) is 4.98 Å². The van der Waals surface area contributed by atoms with Gasteiger partial charge in [0.05, 0.1) is 5.56 Å². The van der Waals surface area contributed by atoms with E-state index >= 15 is 0 Å². The molecular weight excluding hydrogens is 320 g/mol. The quantitative estimate of drug-likeness (QED) is 0.684. The minimum absolute atomic E-state index is 0.0330. The van der Waals surface area contributed by atoms with E-state index in [2.05, 4.69) is 9.72 Å². The summed E-state index contributed by atoms with van der Waals surface area (Å²) in [5.41, 5.74) is -3.98. The predicted octanol–water partition coefficient (Wildman–Crippen LogP) is 3.44. The van der Waals surface area contributed by atoms with Crippen molar-refractivity contribution in [3.05, 3.63) is 22.9 Å². The van der Waals surface area contributed by atoms with Crippen molar-refractivity contribution >= 4 is 17.6 Å². The number of carboxylic acid groups (broad SMARTS) is 1. The van der Waals surface area contributed by atoms with Crippen molar-refractivity contribution in [2.45, 2.75) is 18.4 Å². The Labute approximate surface area is 111 Å². The van der Waals surface area contributed by atoms with E-state index in [1.165, 1.54) is 0 Å². The van der Waals surface area contributed by atoms with Gasteiger partial charge in [0.25, 0.3) is 0 Å². The molecule has 0 aliphatic carbocycles. The van der Waals surface area contributed by atoms with E-state index in [-0.39, 0.29) is 6.20 Å². The van der Waals surface area contributed by atoms with E-state index in [9.17, 15) is 31.1 Å². The second kappa shape index (κ2) is 5.35. The molecule has 0 radical (unpaired) electrons. The molecular formula is C9H4ClF6NO3. The Morgan fingerprint density at radius 1 is 1.30 bits per heavy atom. The lowest BCUT2D eigenvalue weighted by Crippen LogP contribution is -2.22. The van der Waals surface area contributed by atoms with Crippen LogP contribution in [0.5, 0.6) is 5.88 Å². The Bertz CT molecular complexity index is 528. The molecule has 1 N–H and O–H groups in total. The molecule has 1 heterocycles. The van der Waals surface area contributed by atoms with Gasteiger partial charge in [-0.1, -0.05) is 0 Å². The highest BCUT2D eigenvalue weighted by molar-refractivity contribution is 6.18. The van der Waals surface area contributed by atoms with Crippen LogP contribution in [0.2, 0.25) is 0 Å². The van der Waals surface area contributed by atoms with Gasteiger partial charge in [0.2, 0.25) is 5.88 Å². The van der Waals surface area contributed by atoms with Crippen LogP contribution in [0.25, 0.3) is 0 Å². The van der Waals surface area contributed by atoms with Crippen molar-refractivity contribution in [3.8, 4) is 5.88 Å². The zero-order chi connectivity index (χ0) is 15.7. The number of carbonyl (C=O) groups is 1. The third kappa shape index (κ3) is 3.65. The summed E-state index contributed by atoms with van der Waals surface area (Å²) in [4.78, 5) is 13.6. The van der Waals surface area contributed by atoms with Crippen LogP contribution in [-0.2, 0) is 12.1 Å². The number of ether oxygens (including phenoxy) is 1. The number of hydrogen-bond acceptors (Lipinski definition) is 3. The van der Waals surface area contributed by atoms with Crippen molar-refractivity contribution in [2.75, 3.05) is 0 Å². The van der Waals surface area contributed by atoms with Gasteiger partial charge < -0.3 is 9.84 Å². The van der Waals surface area contributed by atoms with E-state index in [1.807, 2.05) is 0 Å². The van der Waals surface area contributed by atoms with E-state index in [1.54, 1.807) is 0 Å². The third-order valence-corrected chi connectivity index (χ3v) is 2.28. The lowest BCUT2D eigenvalue weighted by molar-refractivity contribution is -0.276. The van der Waals surface area contributed by atoms with Gasteiger partial charge in [-0.05, 0) is 0 Å². The summed E-state index contributed by atoms with van der Waals surface area (Å²) in [6, 6.07) is 0. The van der Waals surface area contributed by atoms with Gasteiger partial charge in [-0.2, -0.15) is 13.2 Å². The molecule has 0 unspecified atom stereocenters. The van der Waals surface area contributed by atoms with Crippen molar-refractivity contribution in [2.24, 2.45) is 0 Å². The lowest BCUT2D eigenvalue weighted by atomic mass is 10.1.